The molecule has 0 aromatic rings. The zero-order valence-corrected chi connectivity index (χ0v) is 12.3. The Kier molecular flexibility index (Phi) is 5.40. The third kappa shape index (κ3) is 3.95. The van der Waals surface area contributed by atoms with Crippen molar-refractivity contribution >= 4 is 11.9 Å². The average molecular weight is 282 g/mol. The first-order valence-electron chi connectivity index (χ1n) is 7.85. The molecule has 0 aromatic heterocycles. The van der Waals surface area contributed by atoms with Crippen LogP contribution in [0.2, 0.25) is 0 Å². The number of hydrogen-bond donors (Lipinski definition) is 2. The third-order valence-electron chi connectivity index (χ3n) is 4.63. The van der Waals surface area contributed by atoms with Crippen molar-refractivity contribution in [2.24, 2.45) is 11.8 Å². The van der Waals surface area contributed by atoms with E-state index in [0.717, 1.165) is 38.9 Å². The molecule has 0 unspecified atom stereocenters. The minimum Gasteiger partial charge on any atom is -0.481 e. The monoisotopic (exact) mass is 282 g/mol. The maximum atomic E-state index is 12.2. The second-order valence-corrected chi connectivity index (χ2v) is 6.17. The Morgan fingerprint density at radius 1 is 1.15 bits per heavy atom. The van der Waals surface area contributed by atoms with Crippen molar-refractivity contribution in [3.8, 4) is 0 Å². The van der Waals surface area contributed by atoms with Crippen LogP contribution in [0.25, 0.3) is 0 Å². The number of carboxylic acid groups (broad SMARTS) is 1. The smallest absolute Gasteiger partial charge is 0.306 e. The highest BCUT2D eigenvalue weighted by Gasteiger charge is 2.34. The Morgan fingerprint density at radius 3 is 2.35 bits per heavy atom. The molecule has 2 aliphatic rings. The Hall–Kier alpha value is -1.10. The topological polar surface area (TPSA) is 69.6 Å². The highest BCUT2D eigenvalue weighted by Crippen LogP contribution is 2.31. The van der Waals surface area contributed by atoms with Crippen molar-refractivity contribution < 1.29 is 14.7 Å². The Morgan fingerprint density at radius 2 is 1.80 bits per heavy atom. The van der Waals surface area contributed by atoms with Gasteiger partial charge in [-0.05, 0) is 45.1 Å². The number of carboxylic acids is 1. The summed E-state index contributed by atoms with van der Waals surface area (Å²) in [6.45, 7) is 5.44. The molecule has 2 rings (SSSR count). The van der Waals surface area contributed by atoms with Gasteiger partial charge in [0.15, 0.2) is 0 Å². The van der Waals surface area contributed by atoms with Gasteiger partial charge in [-0.15, -0.1) is 0 Å². The van der Waals surface area contributed by atoms with E-state index in [1.54, 1.807) is 0 Å². The summed E-state index contributed by atoms with van der Waals surface area (Å²) in [5.41, 5.74) is 0. The fraction of sp³-hybridized carbons (Fsp3) is 0.867. The third-order valence-corrected chi connectivity index (χ3v) is 4.63. The number of nitrogens with zero attached hydrogens (tertiary/aromatic N) is 1. The molecular formula is C15H26N2O3. The lowest BCUT2D eigenvalue weighted by Gasteiger charge is -2.32. The maximum absolute atomic E-state index is 12.2. The number of amides is 1. The van der Waals surface area contributed by atoms with Gasteiger partial charge in [0.2, 0.25) is 5.91 Å². The van der Waals surface area contributed by atoms with Crippen LogP contribution in [0, 0.1) is 11.8 Å². The molecule has 0 spiro atoms. The van der Waals surface area contributed by atoms with Gasteiger partial charge >= 0.3 is 5.97 Å². The van der Waals surface area contributed by atoms with Crippen LogP contribution >= 0.6 is 0 Å². The molecule has 114 valence electrons. The summed E-state index contributed by atoms with van der Waals surface area (Å²) >= 11 is 0. The lowest BCUT2D eigenvalue weighted by Crippen LogP contribution is -2.46. The van der Waals surface area contributed by atoms with Gasteiger partial charge in [0.05, 0.1) is 5.92 Å². The molecule has 5 heteroatoms. The molecule has 1 aliphatic heterocycles. The number of carbonyl (C=O) groups is 2. The predicted octanol–water partition coefficient (Wildman–Crippen LogP) is 1.48. The fourth-order valence-corrected chi connectivity index (χ4v) is 3.38. The molecule has 2 atom stereocenters. The van der Waals surface area contributed by atoms with E-state index in [9.17, 15) is 9.59 Å². The van der Waals surface area contributed by atoms with Crippen molar-refractivity contribution in [1.29, 1.82) is 0 Å². The number of nitrogens with one attached hydrogen (secondary N) is 1. The van der Waals surface area contributed by atoms with E-state index in [-0.39, 0.29) is 23.8 Å². The number of aliphatic carboxylic acids is 1. The van der Waals surface area contributed by atoms with Gasteiger partial charge in [-0.25, -0.2) is 0 Å². The molecule has 0 aromatic carbocycles. The van der Waals surface area contributed by atoms with Crippen LogP contribution in [0.5, 0.6) is 0 Å². The molecule has 1 heterocycles. The number of likely N-dealkylation sites (tertiary alicyclic amines) is 1. The van der Waals surface area contributed by atoms with Gasteiger partial charge in [0.25, 0.3) is 0 Å². The molecule has 5 nitrogen and oxygen atoms in total. The minimum atomic E-state index is -0.756. The zero-order chi connectivity index (χ0) is 14.5. The largest absolute Gasteiger partial charge is 0.481 e. The van der Waals surface area contributed by atoms with Crippen LogP contribution in [0.4, 0.5) is 0 Å². The second-order valence-electron chi connectivity index (χ2n) is 6.17. The van der Waals surface area contributed by atoms with E-state index in [1.807, 2.05) is 0 Å². The first kappa shape index (κ1) is 15.3. The summed E-state index contributed by atoms with van der Waals surface area (Å²) in [4.78, 5) is 25.5. The normalized spacial score (nSPS) is 28.4. The van der Waals surface area contributed by atoms with Crippen LogP contribution in [0.15, 0.2) is 0 Å². The summed E-state index contributed by atoms with van der Waals surface area (Å²) in [6, 6.07) is 0.277. The first-order valence-corrected chi connectivity index (χ1v) is 7.85. The lowest BCUT2D eigenvalue weighted by atomic mass is 10.0. The van der Waals surface area contributed by atoms with Crippen molar-refractivity contribution in [3.05, 3.63) is 0 Å². The minimum absolute atomic E-state index is 0.0719. The van der Waals surface area contributed by atoms with Gasteiger partial charge in [-0.2, -0.15) is 0 Å². The standard InChI is InChI=1S/C15H26N2O3/c1-2-7-17-8-5-13(6-9-17)16-14(18)11-3-4-12(10-11)15(19)20/h11-13H,2-10H2,1H3,(H,16,18)(H,19,20)/t11-,12+/m1/s1. The molecule has 2 fully saturated rings. The number of carbonyl (C=O) groups excluding carboxylic acids is 1. The highest BCUT2D eigenvalue weighted by molar-refractivity contribution is 5.81. The molecule has 1 amide bonds. The van der Waals surface area contributed by atoms with E-state index in [4.69, 9.17) is 5.11 Å². The molecule has 0 bridgehead atoms. The van der Waals surface area contributed by atoms with E-state index in [1.165, 1.54) is 6.42 Å². The number of rotatable bonds is 5. The maximum Gasteiger partial charge on any atom is 0.306 e. The van der Waals surface area contributed by atoms with Crippen molar-refractivity contribution in [3.63, 3.8) is 0 Å². The molecule has 1 saturated carbocycles. The van der Waals surface area contributed by atoms with Gasteiger partial charge in [-0.3, -0.25) is 9.59 Å². The fourth-order valence-electron chi connectivity index (χ4n) is 3.38. The van der Waals surface area contributed by atoms with E-state index < -0.39 is 5.97 Å². The molecule has 1 saturated heterocycles. The Balaban J connectivity index is 1.72. The summed E-state index contributed by atoms with van der Waals surface area (Å²) in [5, 5.41) is 12.1. The number of piperidine rings is 1. The molecule has 0 radical (unpaired) electrons. The summed E-state index contributed by atoms with van der Waals surface area (Å²) in [5.74, 6) is -1.10. The van der Waals surface area contributed by atoms with Crippen LogP contribution < -0.4 is 5.32 Å². The van der Waals surface area contributed by atoms with Crippen LogP contribution in [0.3, 0.4) is 0 Å². The van der Waals surface area contributed by atoms with Gasteiger partial charge < -0.3 is 15.3 Å². The van der Waals surface area contributed by atoms with Crippen molar-refractivity contribution in [1.82, 2.24) is 10.2 Å². The van der Waals surface area contributed by atoms with Gasteiger partial charge in [0, 0.05) is 25.0 Å². The summed E-state index contributed by atoms with van der Waals surface area (Å²) in [7, 11) is 0. The lowest BCUT2D eigenvalue weighted by molar-refractivity contribution is -0.141. The molecule has 20 heavy (non-hydrogen) atoms. The highest BCUT2D eigenvalue weighted by atomic mass is 16.4. The van der Waals surface area contributed by atoms with Crippen molar-refractivity contribution in [2.75, 3.05) is 19.6 Å². The Labute approximate surface area is 120 Å². The first-order chi connectivity index (χ1) is 9.60. The Bertz CT molecular complexity index is 351. The average Bonchev–Trinajstić information content (AvgIpc) is 2.91. The van der Waals surface area contributed by atoms with E-state index >= 15 is 0 Å². The SMILES string of the molecule is CCCN1CCC(NC(=O)[C@@H]2CC[C@H](C(=O)O)C2)CC1. The van der Waals surface area contributed by atoms with Crippen LogP contribution in [-0.2, 0) is 9.59 Å². The quantitative estimate of drug-likeness (QED) is 0.801. The molecular weight excluding hydrogens is 256 g/mol. The van der Waals surface area contributed by atoms with E-state index in [0.29, 0.717) is 12.8 Å². The summed E-state index contributed by atoms with van der Waals surface area (Å²) in [6.07, 6.45) is 5.08. The van der Waals surface area contributed by atoms with Gasteiger partial charge in [-0.1, -0.05) is 6.92 Å². The van der Waals surface area contributed by atoms with E-state index in [2.05, 4.69) is 17.1 Å². The van der Waals surface area contributed by atoms with Gasteiger partial charge in [0.1, 0.15) is 0 Å². The molecule has 1 aliphatic carbocycles. The number of hydrogen-bond acceptors (Lipinski definition) is 3. The van der Waals surface area contributed by atoms with Crippen LogP contribution in [0.1, 0.15) is 45.4 Å². The second kappa shape index (κ2) is 7.07. The van der Waals surface area contributed by atoms with Crippen LogP contribution in [-0.4, -0.2) is 47.6 Å². The predicted molar refractivity (Wildman–Crippen MR) is 76.4 cm³/mol. The van der Waals surface area contributed by atoms with Crippen molar-refractivity contribution in [2.45, 2.75) is 51.5 Å². The zero-order valence-electron chi connectivity index (χ0n) is 12.3. The summed E-state index contributed by atoms with van der Waals surface area (Å²) < 4.78 is 0. The molecule has 2 N–H and O–H groups in total.